The zero-order valence-electron chi connectivity index (χ0n) is 12.0. The van der Waals surface area contributed by atoms with Gasteiger partial charge in [0.05, 0.1) is 6.20 Å². The number of anilines is 1. The molecule has 0 aromatic carbocycles. The molecule has 6 heteroatoms. The van der Waals surface area contributed by atoms with Crippen molar-refractivity contribution in [1.82, 2.24) is 14.9 Å². The second-order valence-electron chi connectivity index (χ2n) is 5.31. The van der Waals surface area contributed by atoms with Gasteiger partial charge in [-0.2, -0.15) is 0 Å². The van der Waals surface area contributed by atoms with Gasteiger partial charge < -0.3 is 15.5 Å². The third-order valence-electron chi connectivity index (χ3n) is 3.76. The monoisotopic (exact) mass is 277 g/mol. The Labute approximate surface area is 120 Å². The summed E-state index contributed by atoms with van der Waals surface area (Å²) in [6, 6.07) is 0. The fraction of sp³-hybridized carbons (Fsp3) is 0.643. The quantitative estimate of drug-likeness (QED) is 0.848. The van der Waals surface area contributed by atoms with Gasteiger partial charge in [-0.25, -0.2) is 4.98 Å². The summed E-state index contributed by atoms with van der Waals surface area (Å²) in [4.78, 5) is 24.6. The van der Waals surface area contributed by atoms with Crippen LogP contribution in [0.3, 0.4) is 0 Å². The van der Waals surface area contributed by atoms with E-state index in [0.29, 0.717) is 18.9 Å². The Bertz CT molecular complexity index is 417. The van der Waals surface area contributed by atoms with Gasteiger partial charge in [0.25, 0.3) is 0 Å². The number of nitrogens with zero attached hydrogens (tertiary/aromatic N) is 4. The number of hydrogen-bond donors (Lipinski definition) is 1. The summed E-state index contributed by atoms with van der Waals surface area (Å²) in [5, 5.41) is 0. The Morgan fingerprint density at radius 1 is 1.35 bits per heavy atom. The van der Waals surface area contributed by atoms with Crippen LogP contribution in [0.2, 0.25) is 0 Å². The minimum atomic E-state index is 0.240. The molecular formula is C14H23N5O. The van der Waals surface area contributed by atoms with E-state index in [9.17, 15) is 4.79 Å². The van der Waals surface area contributed by atoms with E-state index in [1.165, 1.54) is 0 Å². The molecule has 110 valence electrons. The van der Waals surface area contributed by atoms with Crippen LogP contribution in [0.1, 0.15) is 19.8 Å². The average molecular weight is 277 g/mol. The predicted octanol–water partition coefficient (Wildman–Crippen LogP) is 0.500. The number of rotatable bonds is 5. The number of nitrogens with two attached hydrogens (primary N) is 1. The number of piperazine rings is 1. The molecule has 0 bridgehead atoms. The van der Waals surface area contributed by atoms with Crippen LogP contribution in [0.25, 0.3) is 0 Å². The first kappa shape index (κ1) is 14.7. The van der Waals surface area contributed by atoms with Crippen LogP contribution < -0.4 is 10.6 Å². The maximum Gasteiger partial charge on any atom is 0.222 e. The Morgan fingerprint density at radius 3 is 2.70 bits per heavy atom. The molecule has 0 radical (unpaired) electrons. The molecule has 1 atom stereocenters. The van der Waals surface area contributed by atoms with E-state index in [2.05, 4.69) is 21.8 Å². The van der Waals surface area contributed by atoms with Crippen molar-refractivity contribution in [1.29, 1.82) is 0 Å². The van der Waals surface area contributed by atoms with Crippen LogP contribution in [0.15, 0.2) is 18.6 Å². The largest absolute Gasteiger partial charge is 0.352 e. The molecule has 1 aromatic heterocycles. The van der Waals surface area contributed by atoms with Gasteiger partial charge in [-0.1, -0.05) is 6.92 Å². The molecule has 1 aliphatic heterocycles. The number of amides is 1. The molecule has 1 aromatic rings. The van der Waals surface area contributed by atoms with E-state index in [0.717, 1.165) is 38.4 Å². The number of carbonyl (C=O) groups is 1. The second kappa shape index (κ2) is 7.19. The first-order chi connectivity index (χ1) is 9.70. The minimum absolute atomic E-state index is 0.240. The molecule has 1 saturated heterocycles. The standard InChI is InChI=1S/C14H23N5O/c1-12(10-15)2-3-14(20)19-8-6-18(7-9-19)13-11-16-4-5-17-13/h4-5,11-12H,2-3,6-10,15H2,1H3. The normalized spacial score (nSPS) is 17.1. The molecule has 1 fully saturated rings. The van der Waals surface area contributed by atoms with Gasteiger partial charge in [0, 0.05) is 45.0 Å². The highest BCUT2D eigenvalue weighted by Gasteiger charge is 2.21. The smallest absolute Gasteiger partial charge is 0.222 e. The first-order valence-electron chi connectivity index (χ1n) is 7.19. The van der Waals surface area contributed by atoms with Crippen LogP contribution >= 0.6 is 0 Å². The highest BCUT2D eigenvalue weighted by molar-refractivity contribution is 5.76. The maximum absolute atomic E-state index is 12.1. The van der Waals surface area contributed by atoms with E-state index in [4.69, 9.17) is 5.73 Å². The number of aromatic nitrogens is 2. The molecule has 1 amide bonds. The fourth-order valence-corrected chi connectivity index (χ4v) is 2.29. The van der Waals surface area contributed by atoms with E-state index in [-0.39, 0.29) is 5.91 Å². The third kappa shape index (κ3) is 3.90. The van der Waals surface area contributed by atoms with Crippen LogP contribution in [-0.4, -0.2) is 53.5 Å². The summed E-state index contributed by atoms with van der Waals surface area (Å²) in [6.45, 7) is 5.87. The summed E-state index contributed by atoms with van der Waals surface area (Å²) in [5.74, 6) is 1.54. The third-order valence-corrected chi connectivity index (χ3v) is 3.76. The highest BCUT2D eigenvalue weighted by atomic mass is 16.2. The lowest BCUT2D eigenvalue weighted by atomic mass is 10.1. The Kier molecular flexibility index (Phi) is 5.29. The molecule has 20 heavy (non-hydrogen) atoms. The van der Waals surface area contributed by atoms with E-state index < -0.39 is 0 Å². The average Bonchev–Trinajstić information content (AvgIpc) is 2.53. The molecule has 0 spiro atoms. The molecule has 1 aliphatic rings. The van der Waals surface area contributed by atoms with Crippen molar-refractivity contribution in [2.75, 3.05) is 37.6 Å². The molecule has 2 N–H and O–H groups in total. The van der Waals surface area contributed by atoms with Crippen molar-refractivity contribution in [3.63, 3.8) is 0 Å². The predicted molar refractivity (Wildman–Crippen MR) is 78.3 cm³/mol. The van der Waals surface area contributed by atoms with Gasteiger partial charge in [-0.3, -0.25) is 9.78 Å². The van der Waals surface area contributed by atoms with Crippen LogP contribution in [0.4, 0.5) is 5.82 Å². The van der Waals surface area contributed by atoms with Gasteiger partial charge in [-0.05, 0) is 18.9 Å². The molecular weight excluding hydrogens is 254 g/mol. The molecule has 6 nitrogen and oxygen atoms in total. The topological polar surface area (TPSA) is 75.4 Å². The number of hydrogen-bond acceptors (Lipinski definition) is 5. The minimum Gasteiger partial charge on any atom is -0.352 e. The van der Waals surface area contributed by atoms with E-state index in [1.54, 1.807) is 18.6 Å². The highest BCUT2D eigenvalue weighted by Crippen LogP contribution is 2.13. The lowest BCUT2D eigenvalue weighted by Crippen LogP contribution is -2.49. The number of carbonyl (C=O) groups excluding carboxylic acids is 1. The lowest BCUT2D eigenvalue weighted by molar-refractivity contribution is -0.131. The fourth-order valence-electron chi connectivity index (χ4n) is 2.29. The maximum atomic E-state index is 12.1. The molecule has 0 aliphatic carbocycles. The van der Waals surface area contributed by atoms with Gasteiger partial charge in [0.15, 0.2) is 0 Å². The van der Waals surface area contributed by atoms with Crippen molar-refractivity contribution < 1.29 is 4.79 Å². The summed E-state index contributed by atoms with van der Waals surface area (Å²) in [5.41, 5.74) is 5.57. The summed E-state index contributed by atoms with van der Waals surface area (Å²) >= 11 is 0. The molecule has 2 heterocycles. The Morgan fingerprint density at radius 2 is 2.10 bits per heavy atom. The summed E-state index contributed by atoms with van der Waals surface area (Å²) < 4.78 is 0. The summed E-state index contributed by atoms with van der Waals surface area (Å²) in [6.07, 6.45) is 6.60. The molecule has 1 unspecified atom stereocenters. The Hall–Kier alpha value is -1.69. The molecule has 0 saturated carbocycles. The van der Waals surface area contributed by atoms with E-state index >= 15 is 0 Å². The zero-order chi connectivity index (χ0) is 14.4. The zero-order valence-corrected chi connectivity index (χ0v) is 12.0. The van der Waals surface area contributed by atoms with Gasteiger partial charge in [0.1, 0.15) is 5.82 Å². The molecule has 2 rings (SSSR count). The van der Waals surface area contributed by atoms with Gasteiger partial charge in [0.2, 0.25) is 5.91 Å². The van der Waals surface area contributed by atoms with Crippen molar-refractivity contribution >= 4 is 11.7 Å². The Balaban J connectivity index is 1.78. The van der Waals surface area contributed by atoms with Crippen molar-refractivity contribution in [2.24, 2.45) is 11.7 Å². The van der Waals surface area contributed by atoms with Gasteiger partial charge >= 0.3 is 0 Å². The lowest BCUT2D eigenvalue weighted by Gasteiger charge is -2.35. The van der Waals surface area contributed by atoms with E-state index in [1.807, 2.05) is 4.90 Å². The van der Waals surface area contributed by atoms with Crippen molar-refractivity contribution in [3.8, 4) is 0 Å². The van der Waals surface area contributed by atoms with Gasteiger partial charge in [-0.15, -0.1) is 0 Å². The SMILES string of the molecule is CC(CN)CCC(=O)N1CCN(c2cnccn2)CC1. The van der Waals surface area contributed by atoms with Crippen LogP contribution in [-0.2, 0) is 4.79 Å². The van der Waals surface area contributed by atoms with Crippen molar-refractivity contribution in [3.05, 3.63) is 18.6 Å². The van der Waals surface area contributed by atoms with Crippen molar-refractivity contribution in [2.45, 2.75) is 19.8 Å². The first-order valence-corrected chi connectivity index (χ1v) is 7.19. The summed E-state index contributed by atoms with van der Waals surface area (Å²) in [7, 11) is 0. The van der Waals surface area contributed by atoms with Crippen LogP contribution in [0.5, 0.6) is 0 Å². The van der Waals surface area contributed by atoms with Crippen LogP contribution in [0, 0.1) is 5.92 Å². The second-order valence-corrected chi connectivity index (χ2v) is 5.31.